The first-order valence-corrected chi connectivity index (χ1v) is 7.60. The maximum Gasteiger partial charge on any atom is 0.170 e. The average Bonchev–Trinajstić information content (AvgIpc) is 2.52. The predicted octanol–water partition coefficient (Wildman–Crippen LogP) is 2.26. The molecule has 1 aliphatic carbocycles. The molecule has 0 bridgehead atoms. The van der Waals surface area contributed by atoms with Crippen molar-refractivity contribution >= 4 is 0 Å². The Kier molecular flexibility index (Phi) is 3.44. The molecule has 112 valence electrons. The van der Waals surface area contributed by atoms with Crippen molar-refractivity contribution in [2.75, 3.05) is 6.54 Å². The molecule has 5 heteroatoms. The van der Waals surface area contributed by atoms with Gasteiger partial charge in [-0.2, -0.15) is 15.8 Å². The Hall–Kier alpha value is -2.29. The first-order chi connectivity index (χ1) is 10.5. The molecule has 2 fully saturated rings. The van der Waals surface area contributed by atoms with Crippen LogP contribution in [0.15, 0.2) is 23.4 Å². The molecular formula is C17H18N4O. The summed E-state index contributed by atoms with van der Waals surface area (Å²) in [5.41, 5.74) is 0.915. The van der Waals surface area contributed by atoms with Crippen LogP contribution in [0.3, 0.4) is 0 Å². The second kappa shape index (κ2) is 5.16. The smallest absolute Gasteiger partial charge is 0.170 e. The van der Waals surface area contributed by atoms with Gasteiger partial charge in [-0.3, -0.25) is 0 Å². The van der Waals surface area contributed by atoms with E-state index in [-0.39, 0.29) is 24.2 Å². The van der Waals surface area contributed by atoms with Crippen LogP contribution in [-0.4, -0.2) is 29.7 Å². The fourth-order valence-electron chi connectivity index (χ4n) is 3.99. The molecule has 3 rings (SSSR count). The minimum absolute atomic E-state index is 0.0512. The van der Waals surface area contributed by atoms with Gasteiger partial charge in [0, 0.05) is 18.7 Å². The molecule has 2 aliphatic heterocycles. The van der Waals surface area contributed by atoms with Crippen LogP contribution in [0.2, 0.25) is 0 Å². The first kappa shape index (κ1) is 14.6. The van der Waals surface area contributed by atoms with E-state index in [2.05, 4.69) is 29.2 Å². The zero-order chi connectivity index (χ0) is 15.9. The van der Waals surface area contributed by atoms with Gasteiger partial charge in [-0.25, -0.2) is 0 Å². The minimum Gasteiger partial charge on any atom is -0.371 e. The fourth-order valence-corrected chi connectivity index (χ4v) is 3.99. The van der Waals surface area contributed by atoms with E-state index in [0.717, 1.165) is 11.3 Å². The van der Waals surface area contributed by atoms with E-state index < -0.39 is 5.41 Å². The summed E-state index contributed by atoms with van der Waals surface area (Å²) in [4.78, 5) is 2.16. The summed E-state index contributed by atoms with van der Waals surface area (Å²) in [6.45, 7) is 4.61. The number of piperidine rings is 1. The van der Waals surface area contributed by atoms with Crippen molar-refractivity contribution in [3.63, 3.8) is 0 Å². The van der Waals surface area contributed by atoms with Crippen molar-refractivity contribution in [1.82, 2.24) is 4.90 Å². The van der Waals surface area contributed by atoms with Crippen LogP contribution in [0.25, 0.3) is 0 Å². The largest absolute Gasteiger partial charge is 0.371 e. The molecule has 0 spiro atoms. The lowest BCUT2D eigenvalue weighted by atomic mass is 9.68. The molecule has 3 aliphatic rings. The van der Waals surface area contributed by atoms with Crippen LogP contribution in [-0.2, 0) is 4.74 Å². The van der Waals surface area contributed by atoms with Gasteiger partial charge in [0.25, 0.3) is 0 Å². The zero-order valence-electron chi connectivity index (χ0n) is 12.8. The molecule has 5 nitrogen and oxygen atoms in total. The second-order valence-electron chi connectivity index (χ2n) is 6.37. The number of hydrogen-bond donors (Lipinski definition) is 0. The maximum absolute atomic E-state index is 9.71. The third kappa shape index (κ3) is 2.00. The van der Waals surface area contributed by atoms with Gasteiger partial charge in [0.2, 0.25) is 0 Å². The molecule has 0 radical (unpaired) electrons. The van der Waals surface area contributed by atoms with Crippen LogP contribution in [0.4, 0.5) is 0 Å². The standard InChI is InChI=1S/C17H18N4O/c1-11-8-21-15-4-3-13(7-18)5-14(15)6-17(9-19,10-20)16(21)12(2)22-11/h4-5,11-13,16H,3,6,8H2,1-2H3/t11-,12+,13?,16+/m1/s1. The molecule has 2 saturated heterocycles. The fraction of sp³-hybridized carbons (Fsp3) is 0.588. The van der Waals surface area contributed by atoms with Crippen LogP contribution < -0.4 is 0 Å². The van der Waals surface area contributed by atoms with E-state index >= 15 is 0 Å². The number of fused-ring (bicyclic) bond motifs is 3. The Morgan fingerprint density at radius 3 is 2.64 bits per heavy atom. The normalized spacial score (nSPS) is 35.7. The molecule has 4 atom stereocenters. The lowest BCUT2D eigenvalue weighted by Gasteiger charge is -2.53. The quantitative estimate of drug-likeness (QED) is 0.684. The lowest BCUT2D eigenvalue weighted by Crippen LogP contribution is -2.62. The Morgan fingerprint density at radius 1 is 1.27 bits per heavy atom. The van der Waals surface area contributed by atoms with Crippen LogP contribution >= 0.6 is 0 Å². The van der Waals surface area contributed by atoms with Crippen molar-refractivity contribution in [2.45, 2.75) is 44.9 Å². The Morgan fingerprint density at radius 2 is 2.00 bits per heavy atom. The molecule has 0 amide bonds. The molecular weight excluding hydrogens is 276 g/mol. The van der Waals surface area contributed by atoms with E-state index in [1.165, 1.54) is 0 Å². The van der Waals surface area contributed by atoms with Crippen LogP contribution in [0, 0.1) is 45.3 Å². The van der Waals surface area contributed by atoms with Crippen molar-refractivity contribution in [3.05, 3.63) is 23.4 Å². The highest BCUT2D eigenvalue weighted by molar-refractivity contribution is 5.44. The zero-order valence-corrected chi connectivity index (χ0v) is 12.8. The highest BCUT2D eigenvalue weighted by Gasteiger charge is 2.54. The summed E-state index contributed by atoms with van der Waals surface area (Å²) >= 11 is 0. The van der Waals surface area contributed by atoms with E-state index in [1.807, 2.05) is 19.9 Å². The molecule has 1 unspecified atom stereocenters. The monoisotopic (exact) mass is 294 g/mol. The number of morpholine rings is 1. The van der Waals surface area contributed by atoms with Gasteiger partial charge >= 0.3 is 0 Å². The predicted molar refractivity (Wildman–Crippen MR) is 78.7 cm³/mol. The van der Waals surface area contributed by atoms with Gasteiger partial charge in [0.15, 0.2) is 5.41 Å². The Bertz CT molecular complexity index is 658. The van der Waals surface area contributed by atoms with Gasteiger partial charge in [0.1, 0.15) is 0 Å². The summed E-state index contributed by atoms with van der Waals surface area (Å²) in [5.74, 6) is -0.165. The van der Waals surface area contributed by atoms with Gasteiger partial charge < -0.3 is 9.64 Å². The molecule has 0 saturated carbocycles. The molecule has 22 heavy (non-hydrogen) atoms. The highest BCUT2D eigenvalue weighted by Crippen LogP contribution is 2.48. The molecule has 0 N–H and O–H groups in total. The average molecular weight is 294 g/mol. The molecule has 0 aromatic carbocycles. The molecule has 0 aromatic heterocycles. The van der Waals surface area contributed by atoms with Crippen LogP contribution in [0.5, 0.6) is 0 Å². The van der Waals surface area contributed by atoms with Gasteiger partial charge in [-0.15, -0.1) is 0 Å². The highest BCUT2D eigenvalue weighted by atomic mass is 16.5. The topological polar surface area (TPSA) is 83.8 Å². The van der Waals surface area contributed by atoms with E-state index in [4.69, 9.17) is 10.00 Å². The number of allylic oxidation sites excluding steroid dienone is 3. The van der Waals surface area contributed by atoms with Crippen molar-refractivity contribution in [2.24, 2.45) is 11.3 Å². The van der Waals surface area contributed by atoms with Gasteiger partial charge in [0.05, 0.1) is 42.4 Å². The first-order valence-electron chi connectivity index (χ1n) is 7.60. The summed E-state index contributed by atoms with van der Waals surface area (Å²) in [5, 5.41) is 28.6. The SMILES string of the molecule is C[C@@H]1CN2C3=CCC(C#N)C=C3CC(C#N)(C#N)[C@@H]2[C@H](C)O1. The van der Waals surface area contributed by atoms with Gasteiger partial charge in [-0.05, 0) is 25.8 Å². The third-order valence-corrected chi connectivity index (χ3v) is 4.83. The minimum atomic E-state index is -1.12. The number of rotatable bonds is 0. The van der Waals surface area contributed by atoms with Crippen LogP contribution in [0.1, 0.15) is 26.7 Å². The summed E-state index contributed by atoms with van der Waals surface area (Å²) < 4.78 is 5.89. The summed E-state index contributed by atoms with van der Waals surface area (Å²) in [6, 6.07) is 6.48. The maximum atomic E-state index is 9.71. The molecule has 0 aromatic rings. The summed E-state index contributed by atoms with van der Waals surface area (Å²) in [6.07, 6.45) is 4.94. The van der Waals surface area contributed by atoms with Crippen molar-refractivity contribution < 1.29 is 4.74 Å². The Balaban J connectivity index is 2.10. The van der Waals surface area contributed by atoms with E-state index in [0.29, 0.717) is 19.4 Å². The molecule has 2 heterocycles. The summed E-state index contributed by atoms with van der Waals surface area (Å²) in [7, 11) is 0. The lowest BCUT2D eigenvalue weighted by molar-refractivity contribution is -0.117. The third-order valence-electron chi connectivity index (χ3n) is 4.83. The second-order valence-corrected chi connectivity index (χ2v) is 6.37. The van der Waals surface area contributed by atoms with Crippen molar-refractivity contribution in [1.29, 1.82) is 15.8 Å². The van der Waals surface area contributed by atoms with Gasteiger partial charge in [-0.1, -0.05) is 12.2 Å². The van der Waals surface area contributed by atoms with E-state index in [9.17, 15) is 10.5 Å². The number of hydrogen-bond acceptors (Lipinski definition) is 5. The van der Waals surface area contributed by atoms with Crippen molar-refractivity contribution in [3.8, 4) is 18.2 Å². The number of nitriles is 3. The number of ether oxygens (including phenoxy) is 1. The number of nitrogens with zero attached hydrogens (tertiary/aromatic N) is 4. The van der Waals surface area contributed by atoms with E-state index in [1.54, 1.807) is 0 Å². The Labute approximate surface area is 130 Å².